The molecule has 0 aromatic heterocycles. The van der Waals surface area contributed by atoms with Gasteiger partial charge < -0.3 is 19.7 Å². The lowest BCUT2D eigenvalue weighted by Crippen LogP contribution is -2.22. The molecule has 0 aliphatic carbocycles. The highest BCUT2D eigenvalue weighted by molar-refractivity contribution is 6.02. The van der Waals surface area contributed by atoms with Crippen LogP contribution in [0, 0.1) is 0 Å². The van der Waals surface area contributed by atoms with Crippen molar-refractivity contribution in [3.63, 3.8) is 0 Å². The molecule has 0 fully saturated rings. The number of nitrogens with one attached hydrogen (secondary N) is 1. The van der Waals surface area contributed by atoms with Crippen molar-refractivity contribution in [2.75, 3.05) is 36.5 Å². The lowest BCUT2D eigenvalue weighted by atomic mass is 10.2. The first kappa shape index (κ1) is 14.2. The Balaban J connectivity index is 2.00. The summed E-state index contributed by atoms with van der Waals surface area (Å²) in [6.45, 7) is 7.04. The number of rotatable bonds is 5. The number of hydrogen-bond acceptors (Lipinski definition) is 4. The van der Waals surface area contributed by atoms with E-state index in [4.69, 9.17) is 9.47 Å². The Morgan fingerprint density at radius 2 is 1.90 bits per heavy atom. The van der Waals surface area contributed by atoms with Gasteiger partial charge in [-0.05, 0) is 38.1 Å². The first-order valence-electron chi connectivity index (χ1n) is 6.85. The monoisotopic (exact) mass is 276 g/mol. The zero-order valence-electron chi connectivity index (χ0n) is 11.9. The van der Waals surface area contributed by atoms with E-state index in [0.717, 1.165) is 24.5 Å². The van der Waals surface area contributed by atoms with E-state index in [1.807, 2.05) is 24.3 Å². The van der Waals surface area contributed by atoms with Crippen LogP contribution in [0.3, 0.4) is 0 Å². The zero-order chi connectivity index (χ0) is 14.4. The maximum absolute atomic E-state index is 11.9. The third kappa shape index (κ3) is 3.44. The molecule has 2 rings (SSSR count). The smallest absolute Gasteiger partial charge is 0.294 e. The summed E-state index contributed by atoms with van der Waals surface area (Å²) in [4.78, 5) is 14.1. The molecule has 5 heteroatoms. The predicted octanol–water partition coefficient (Wildman–Crippen LogP) is 2.36. The van der Waals surface area contributed by atoms with Crippen molar-refractivity contribution in [3.05, 3.63) is 36.3 Å². The summed E-state index contributed by atoms with van der Waals surface area (Å²) < 4.78 is 10.3. The molecule has 108 valence electrons. The summed E-state index contributed by atoms with van der Waals surface area (Å²) in [5, 5.41) is 2.78. The summed E-state index contributed by atoms with van der Waals surface area (Å²) in [6.07, 6.45) is 1.35. The first-order chi connectivity index (χ1) is 9.74. The molecule has 1 aromatic carbocycles. The van der Waals surface area contributed by atoms with Crippen LogP contribution in [0.2, 0.25) is 0 Å². The fraction of sp³-hybridized carbons (Fsp3) is 0.400. The van der Waals surface area contributed by atoms with Crippen LogP contribution < -0.4 is 10.2 Å². The Hall–Kier alpha value is -2.17. The number of anilines is 2. The van der Waals surface area contributed by atoms with Gasteiger partial charge in [-0.2, -0.15) is 0 Å². The standard InChI is InChI=1S/C15H20N2O3/c1-3-17(4-2)13-7-5-12(6-8-13)16-15(18)14-11-19-9-10-20-14/h5-8,11H,3-4,9-10H2,1-2H3,(H,16,18). The fourth-order valence-corrected chi connectivity index (χ4v) is 2.02. The zero-order valence-corrected chi connectivity index (χ0v) is 11.9. The van der Waals surface area contributed by atoms with E-state index < -0.39 is 0 Å². The molecule has 1 N–H and O–H groups in total. The van der Waals surface area contributed by atoms with Crippen molar-refractivity contribution in [1.29, 1.82) is 0 Å². The predicted molar refractivity (Wildman–Crippen MR) is 78.6 cm³/mol. The highest BCUT2D eigenvalue weighted by atomic mass is 16.6. The summed E-state index contributed by atoms with van der Waals surface area (Å²) in [7, 11) is 0. The van der Waals surface area contributed by atoms with Gasteiger partial charge in [0.05, 0.1) is 0 Å². The molecule has 1 amide bonds. The molecule has 0 saturated heterocycles. The largest absolute Gasteiger partial charge is 0.494 e. The Bertz CT molecular complexity index is 478. The quantitative estimate of drug-likeness (QED) is 0.897. The summed E-state index contributed by atoms with van der Waals surface area (Å²) in [5.41, 5.74) is 1.88. The molecule has 1 heterocycles. The highest BCUT2D eigenvalue weighted by Crippen LogP contribution is 2.18. The van der Waals surface area contributed by atoms with Gasteiger partial charge in [-0.3, -0.25) is 4.79 Å². The van der Waals surface area contributed by atoms with Gasteiger partial charge >= 0.3 is 0 Å². The molecule has 0 saturated carbocycles. The Morgan fingerprint density at radius 3 is 2.45 bits per heavy atom. The van der Waals surface area contributed by atoms with Gasteiger partial charge in [0.15, 0.2) is 0 Å². The Labute approximate surface area is 119 Å². The third-order valence-electron chi connectivity index (χ3n) is 3.13. The molecule has 0 atom stereocenters. The second-order valence-electron chi connectivity index (χ2n) is 4.37. The van der Waals surface area contributed by atoms with E-state index in [1.165, 1.54) is 6.26 Å². The Kier molecular flexibility index (Phi) is 4.87. The van der Waals surface area contributed by atoms with Crippen molar-refractivity contribution in [1.82, 2.24) is 0 Å². The van der Waals surface area contributed by atoms with E-state index in [0.29, 0.717) is 13.2 Å². The minimum Gasteiger partial charge on any atom is -0.494 e. The minimum absolute atomic E-state index is 0.212. The van der Waals surface area contributed by atoms with Crippen molar-refractivity contribution >= 4 is 17.3 Å². The maximum Gasteiger partial charge on any atom is 0.294 e. The fourth-order valence-electron chi connectivity index (χ4n) is 2.02. The number of benzene rings is 1. The Morgan fingerprint density at radius 1 is 1.20 bits per heavy atom. The molecule has 1 aliphatic heterocycles. The van der Waals surface area contributed by atoms with Crippen molar-refractivity contribution in [2.45, 2.75) is 13.8 Å². The van der Waals surface area contributed by atoms with E-state index >= 15 is 0 Å². The van der Waals surface area contributed by atoms with Crippen LogP contribution >= 0.6 is 0 Å². The van der Waals surface area contributed by atoms with Crippen molar-refractivity contribution in [2.24, 2.45) is 0 Å². The van der Waals surface area contributed by atoms with E-state index in [1.54, 1.807) is 0 Å². The molecule has 0 radical (unpaired) electrons. The lowest BCUT2D eigenvalue weighted by Gasteiger charge is -2.21. The second kappa shape index (κ2) is 6.84. The van der Waals surface area contributed by atoms with Gasteiger partial charge in [0.25, 0.3) is 5.91 Å². The number of carbonyl (C=O) groups excluding carboxylic acids is 1. The van der Waals surface area contributed by atoms with Gasteiger partial charge in [0.1, 0.15) is 19.5 Å². The van der Waals surface area contributed by atoms with Crippen molar-refractivity contribution < 1.29 is 14.3 Å². The van der Waals surface area contributed by atoms with Crippen LogP contribution in [0.1, 0.15) is 13.8 Å². The molecular formula is C15H20N2O3. The number of carbonyl (C=O) groups is 1. The van der Waals surface area contributed by atoms with Crippen LogP contribution in [0.25, 0.3) is 0 Å². The van der Waals surface area contributed by atoms with Crippen LogP contribution in [0.4, 0.5) is 11.4 Å². The summed E-state index contributed by atoms with van der Waals surface area (Å²) >= 11 is 0. The van der Waals surface area contributed by atoms with E-state index in [9.17, 15) is 4.79 Å². The second-order valence-corrected chi connectivity index (χ2v) is 4.37. The van der Waals surface area contributed by atoms with Gasteiger partial charge in [-0.1, -0.05) is 0 Å². The van der Waals surface area contributed by atoms with Crippen molar-refractivity contribution in [3.8, 4) is 0 Å². The van der Waals surface area contributed by atoms with Gasteiger partial charge in [-0.15, -0.1) is 0 Å². The highest BCUT2D eigenvalue weighted by Gasteiger charge is 2.15. The SMILES string of the molecule is CCN(CC)c1ccc(NC(=O)C2=COCCO2)cc1. The molecule has 1 aromatic rings. The number of amides is 1. The summed E-state index contributed by atoms with van der Waals surface area (Å²) in [5.74, 6) is -0.0793. The van der Waals surface area contributed by atoms with Crippen LogP contribution in [-0.2, 0) is 14.3 Å². The molecular weight excluding hydrogens is 256 g/mol. The topological polar surface area (TPSA) is 50.8 Å². The third-order valence-corrected chi connectivity index (χ3v) is 3.13. The average molecular weight is 276 g/mol. The van der Waals surface area contributed by atoms with Crippen LogP contribution in [0.5, 0.6) is 0 Å². The molecule has 20 heavy (non-hydrogen) atoms. The molecule has 5 nitrogen and oxygen atoms in total. The minimum atomic E-state index is -0.291. The molecule has 0 bridgehead atoms. The molecule has 1 aliphatic rings. The van der Waals surface area contributed by atoms with Gasteiger partial charge in [0, 0.05) is 24.5 Å². The van der Waals surface area contributed by atoms with E-state index in [2.05, 4.69) is 24.1 Å². The number of nitrogens with zero attached hydrogens (tertiary/aromatic N) is 1. The van der Waals surface area contributed by atoms with Gasteiger partial charge in [0.2, 0.25) is 5.76 Å². The maximum atomic E-state index is 11.9. The van der Waals surface area contributed by atoms with Crippen LogP contribution in [-0.4, -0.2) is 32.2 Å². The first-order valence-corrected chi connectivity index (χ1v) is 6.85. The lowest BCUT2D eigenvalue weighted by molar-refractivity contribution is -0.117. The van der Waals surface area contributed by atoms with Crippen LogP contribution in [0.15, 0.2) is 36.3 Å². The summed E-state index contributed by atoms with van der Waals surface area (Å²) in [6, 6.07) is 7.76. The average Bonchev–Trinajstić information content (AvgIpc) is 2.51. The number of hydrogen-bond donors (Lipinski definition) is 1. The normalized spacial score (nSPS) is 13.8. The van der Waals surface area contributed by atoms with E-state index in [-0.39, 0.29) is 11.7 Å². The van der Waals surface area contributed by atoms with Gasteiger partial charge in [-0.25, -0.2) is 0 Å². The number of ether oxygens (including phenoxy) is 2. The molecule has 0 unspecified atom stereocenters. The molecule has 0 spiro atoms.